The zero-order valence-corrected chi connectivity index (χ0v) is 21.1. The van der Waals surface area contributed by atoms with E-state index in [1.54, 1.807) is 11.8 Å². The maximum Gasteiger partial charge on any atom is 0.127 e. The third-order valence-corrected chi connectivity index (χ3v) is 7.41. The molecule has 0 atom stereocenters. The molecule has 2 nitrogen and oxygen atoms in total. The van der Waals surface area contributed by atoms with Gasteiger partial charge in [0.25, 0.3) is 0 Å². The number of halogens is 2. The molecule has 4 aromatic rings. The SMILES string of the molecule is Cc1cc(Oc2ccc(Sc3ccc(Oc4ccc(Br)c(C)c4)cc3)cc2)ccc1Br. The molecule has 5 heteroatoms. The maximum absolute atomic E-state index is 5.96. The molecule has 0 aliphatic rings. The highest BCUT2D eigenvalue weighted by atomic mass is 79.9. The molecule has 0 aliphatic heterocycles. The van der Waals surface area contributed by atoms with E-state index in [4.69, 9.17) is 9.47 Å². The molecule has 156 valence electrons. The molecule has 0 saturated carbocycles. The van der Waals surface area contributed by atoms with Crippen LogP contribution in [0.5, 0.6) is 23.0 Å². The molecule has 0 unspecified atom stereocenters. The zero-order valence-electron chi connectivity index (χ0n) is 17.1. The van der Waals surface area contributed by atoms with Crippen LogP contribution in [0.1, 0.15) is 11.1 Å². The van der Waals surface area contributed by atoms with Crippen LogP contribution in [0.25, 0.3) is 0 Å². The molecular weight excluding hydrogens is 536 g/mol. The number of benzene rings is 4. The molecule has 0 bridgehead atoms. The second-order valence-corrected chi connectivity index (χ2v) is 9.93. The molecule has 4 rings (SSSR count). The first-order valence-electron chi connectivity index (χ1n) is 9.72. The fourth-order valence-electron chi connectivity index (χ4n) is 2.92. The number of ether oxygens (including phenoxy) is 2. The topological polar surface area (TPSA) is 18.5 Å². The number of aryl methyl sites for hydroxylation is 2. The summed E-state index contributed by atoms with van der Waals surface area (Å²) in [6.07, 6.45) is 0. The average molecular weight is 556 g/mol. The Morgan fingerprint density at radius 3 is 1.23 bits per heavy atom. The minimum Gasteiger partial charge on any atom is -0.457 e. The van der Waals surface area contributed by atoms with E-state index in [-0.39, 0.29) is 0 Å². The summed E-state index contributed by atoms with van der Waals surface area (Å²) in [7, 11) is 0. The van der Waals surface area contributed by atoms with Crippen LogP contribution >= 0.6 is 43.6 Å². The second kappa shape index (κ2) is 9.94. The highest BCUT2D eigenvalue weighted by Crippen LogP contribution is 2.33. The molecule has 0 heterocycles. The Morgan fingerprint density at radius 2 is 0.871 bits per heavy atom. The van der Waals surface area contributed by atoms with Crippen molar-refractivity contribution in [2.75, 3.05) is 0 Å². The summed E-state index contributed by atoms with van der Waals surface area (Å²) < 4.78 is 14.1. The summed E-state index contributed by atoms with van der Waals surface area (Å²) >= 11 is 8.73. The second-order valence-electron chi connectivity index (χ2n) is 7.07. The normalized spacial score (nSPS) is 10.7. The van der Waals surface area contributed by atoms with Crippen LogP contribution in [-0.2, 0) is 0 Å². The van der Waals surface area contributed by atoms with Crippen molar-refractivity contribution in [3.05, 3.63) is 105 Å². The lowest BCUT2D eigenvalue weighted by Gasteiger charge is -2.09. The summed E-state index contributed by atoms with van der Waals surface area (Å²) in [6.45, 7) is 4.10. The first kappa shape index (κ1) is 22.0. The number of hydrogen-bond acceptors (Lipinski definition) is 3. The van der Waals surface area contributed by atoms with E-state index >= 15 is 0 Å². The van der Waals surface area contributed by atoms with Crippen molar-refractivity contribution in [2.24, 2.45) is 0 Å². The Labute approximate surface area is 203 Å². The third kappa shape index (κ3) is 5.94. The summed E-state index contributed by atoms with van der Waals surface area (Å²) in [4.78, 5) is 2.30. The molecule has 0 N–H and O–H groups in total. The fraction of sp³-hybridized carbons (Fsp3) is 0.0769. The van der Waals surface area contributed by atoms with E-state index in [0.29, 0.717) is 0 Å². The van der Waals surface area contributed by atoms with Crippen LogP contribution in [0, 0.1) is 13.8 Å². The van der Waals surface area contributed by atoms with Crippen LogP contribution in [-0.4, -0.2) is 0 Å². The van der Waals surface area contributed by atoms with Gasteiger partial charge in [0.1, 0.15) is 23.0 Å². The molecule has 0 aliphatic carbocycles. The fourth-order valence-corrected chi connectivity index (χ4v) is 4.23. The predicted molar refractivity (Wildman–Crippen MR) is 135 cm³/mol. The van der Waals surface area contributed by atoms with E-state index < -0.39 is 0 Å². The minimum absolute atomic E-state index is 0.819. The van der Waals surface area contributed by atoms with Crippen LogP contribution in [0.15, 0.2) is 104 Å². The highest BCUT2D eigenvalue weighted by Gasteiger charge is 2.04. The molecule has 31 heavy (non-hydrogen) atoms. The minimum atomic E-state index is 0.819. The van der Waals surface area contributed by atoms with E-state index in [0.717, 1.165) is 52.9 Å². The van der Waals surface area contributed by atoms with Crippen molar-refractivity contribution >= 4 is 43.6 Å². The van der Waals surface area contributed by atoms with Gasteiger partial charge in [-0.2, -0.15) is 0 Å². The lowest BCUT2D eigenvalue weighted by atomic mass is 10.2. The highest BCUT2D eigenvalue weighted by molar-refractivity contribution is 9.10. The van der Waals surface area contributed by atoms with Gasteiger partial charge in [-0.3, -0.25) is 0 Å². The summed E-state index contributed by atoms with van der Waals surface area (Å²) in [5.74, 6) is 3.30. The summed E-state index contributed by atoms with van der Waals surface area (Å²) in [5.41, 5.74) is 2.29. The van der Waals surface area contributed by atoms with Gasteiger partial charge in [0.05, 0.1) is 0 Å². The van der Waals surface area contributed by atoms with Crippen molar-refractivity contribution in [1.82, 2.24) is 0 Å². The molecular formula is C26H20Br2O2S. The number of rotatable bonds is 6. The first-order valence-corrected chi connectivity index (χ1v) is 12.1. The van der Waals surface area contributed by atoms with E-state index in [1.165, 1.54) is 0 Å². The number of hydrogen-bond donors (Lipinski definition) is 0. The maximum atomic E-state index is 5.96. The van der Waals surface area contributed by atoms with Gasteiger partial charge in [0, 0.05) is 18.7 Å². The van der Waals surface area contributed by atoms with Crippen molar-refractivity contribution in [2.45, 2.75) is 23.6 Å². The Hall–Kier alpha value is -2.21. The van der Waals surface area contributed by atoms with Gasteiger partial charge in [-0.15, -0.1) is 0 Å². The average Bonchev–Trinajstić information content (AvgIpc) is 2.76. The van der Waals surface area contributed by atoms with Crippen LogP contribution in [0.2, 0.25) is 0 Å². The first-order chi connectivity index (χ1) is 15.0. The zero-order chi connectivity index (χ0) is 21.8. The molecule has 0 fully saturated rings. The Balaban J connectivity index is 1.37. The molecule has 4 aromatic carbocycles. The lowest BCUT2D eigenvalue weighted by molar-refractivity contribution is 0.481. The monoisotopic (exact) mass is 554 g/mol. The Bertz CT molecular complexity index is 1090. The molecule has 0 spiro atoms. The third-order valence-electron chi connectivity index (χ3n) is 4.61. The van der Waals surface area contributed by atoms with Crippen LogP contribution in [0.3, 0.4) is 0 Å². The Kier molecular flexibility index (Phi) is 7.06. The predicted octanol–water partition coefficient (Wildman–Crippen LogP) is 9.56. The standard InChI is InChI=1S/C26H20Br2O2S/c1-17-15-21(7-13-25(17)27)29-19-3-9-23(10-4-19)31-24-11-5-20(6-12-24)30-22-8-14-26(28)18(2)16-22/h3-16H,1-2H3. The smallest absolute Gasteiger partial charge is 0.127 e. The van der Waals surface area contributed by atoms with Gasteiger partial charge >= 0.3 is 0 Å². The van der Waals surface area contributed by atoms with E-state index in [2.05, 4.69) is 56.1 Å². The Morgan fingerprint density at radius 1 is 0.516 bits per heavy atom. The van der Waals surface area contributed by atoms with Crippen molar-refractivity contribution < 1.29 is 9.47 Å². The lowest BCUT2D eigenvalue weighted by Crippen LogP contribution is -1.86. The largest absolute Gasteiger partial charge is 0.457 e. The molecule has 0 radical (unpaired) electrons. The van der Waals surface area contributed by atoms with E-state index in [1.807, 2.05) is 74.5 Å². The van der Waals surface area contributed by atoms with Crippen molar-refractivity contribution in [1.29, 1.82) is 0 Å². The van der Waals surface area contributed by atoms with E-state index in [9.17, 15) is 0 Å². The van der Waals surface area contributed by atoms with Crippen molar-refractivity contribution in [3.8, 4) is 23.0 Å². The molecule has 0 aromatic heterocycles. The van der Waals surface area contributed by atoms with Gasteiger partial charge < -0.3 is 9.47 Å². The molecule has 0 amide bonds. The summed E-state index contributed by atoms with van der Waals surface area (Å²) in [5, 5.41) is 0. The quantitative estimate of drug-likeness (QED) is 0.236. The van der Waals surface area contributed by atoms with Gasteiger partial charge in [-0.25, -0.2) is 0 Å². The van der Waals surface area contributed by atoms with Crippen LogP contribution in [0.4, 0.5) is 0 Å². The van der Waals surface area contributed by atoms with Crippen LogP contribution < -0.4 is 9.47 Å². The summed E-state index contributed by atoms with van der Waals surface area (Å²) in [6, 6.07) is 28.2. The van der Waals surface area contributed by atoms with Gasteiger partial charge in [-0.05, 0) is 110 Å². The van der Waals surface area contributed by atoms with Gasteiger partial charge in [0.2, 0.25) is 0 Å². The van der Waals surface area contributed by atoms with Gasteiger partial charge in [0.15, 0.2) is 0 Å². The van der Waals surface area contributed by atoms with Gasteiger partial charge in [-0.1, -0.05) is 43.6 Å². The van der Waals surface area contributed by atoms with Crippen molar-refractivity contribution in [3.63, 3.8) is 0 Å². The molecule has 0 saturated heterocycles.